The molecule has 0 spiro atoms. The van der Waals surface area contributed by atoms with E-state index in [0.29, 0.717) is 13.2 Å². The topological polar surface area (TPSA) is 50.4 Å². The van der Waals surface area contributed by atoms with Crippen LogP contribution in [-0.4, -0.2) is 26.1 Å². The highest BCUT2D eigenvalue weighted by atomic mass is 16.5. The zero-order valence-corrected chi connectivity index (χ0v) is 12.2. The van der Waals surface area contributed by atoms with Crippen molar-refractivity contribution in [1.82, 2.24) is 10.6 Å². The van der Waals surface area contributed by atoms with Gasteiger partial charge in [-0.15, -0.1) is 0 Å². The van der Waals surface area contributed by atoms with Crippen molar-refractivity contribution in [2.45, 2.75) is 26.8 Å². The number of rotatable bonds is 7. The molecular weight excluding hydrogens is 240 g/mol. The zero-order chi connectivity index (χ0) is 14.3. The Kier molecular flexibility index (Phi) is 6.36. The van der Waals surface area contributed by atoms with Gasteiger partial charge in [-0.25, -0.2) is 0 Å². The first kappa shape index (κ1) is 15.5. The Hall–Kier alpha value is -1.55. The summed E-state index contributed by atoms with van der Waals surface area (Å²) in [4.78, 5) is 11.9. The van der Waals surface area contributed by atoms with Crippen molar-refractivity contribution < 1.29 is 9.53 Å². The Morgan fingerprint density at radius 3 is 2.74 bits per heavy atom. The molecule has 0 radical (unpaired) electrons. The summed E-state index contributed by atoms with van der Waals surface area (Å²) in [6, 6.07) is 7.81. The fraction of sp³-hybridized carbons (Fsp3) is 0.533. The summed E-state index contributed by atoms with van der Waals surface area (Å²) in [5, 5.41) is 6.02. The average Bonchev–Trinajstić information content (AvgIpc) is 2.39. The van der Waals surface area contributed by atoms with Gasteiger partial charge < -0.3 is 15.4 Å². The maximum atomic E-state index is 11.9. The van der Waals surface area contributed by atoms with Crippen LogP contribution in [0.25, 0.3) is 0 Å². The molecule has 0 bridgehead atoms. The third-order valence-electron chi connectivity index (χ3n) is 2.99. The van der Waals surface area contributed by atoms with Crippen LogP contribution in [0.15, 0.2) is 24.3 Å². The molecule has 1 rings (SSSR count). The smallest absolute Gasteiger partial charge is 0.224 e. The van der Waals surface area contributed by atoms with Gasteiger partial charge in [0.15, 0.2) is 0 Å². The van der Waals surface area contributed by atoms with Gasteiger partial charge in [-0.05, 0) is 38.6 Å². The fourth-order valence-corrected chi connectivity index (χ4v) is 1.88. The Bertz CT molecular complexity index is 407. The molecule has 0 saturated carbocycles. The number of carbonyl (C=O) groups is 1. The fourth-order valence-electron chi connectivity index (χ4n) is 1.88. The predicted molar refractivity (Wildman–Crippen MR) is 77.3 cm³/mol. The monoisotopic (exact) mass is 264 g/mol. The van der Waals surface area contributed by atoms with Crippen LogP contribution in [0.4, 0.5) is 0 Å². The van der Waals surface area contributed by atoms with E-state index in [4.69, 9.17) is 4.74 Å². The van der Waals surface area contributed by atoms with Crippen LogP contribution < -0.4 is 15.4 Å². The highest BCUT2D eigenvalue weighted by molar-refractivity contribution is 5.78. The minimum Gasteiger partial charge on any atom is -0.494 e. The quantitative estimate of drug-likeness (QED) is 0.793. The second-order valence-corrected chi connectivity index (χ2v) is 4.69. The van der Waals surface area contributed by atoms with Gasteiger partial charge in [0.05, 0.1) is 12.6 Å². The van der Waals surface area contributed by atoms with Crippen LogP contribution in [0.1, 0.15) is 32.4 Å². The van der Waals surface area contributed by atoms with Crippen molar-refractivity contribution in [3.8, 4) is 5.75 Å². The Balaban J connectivity index is 2.64. The molecule has 2 unspecified atom stereocenters. The number of benzene rings is 1. The molecule has 0 aliphatic heterocycles. The van der Waals surface area contributed by atoms with Gasteiger partial charge in [0, 0.05) is 12.5 Å². The molecule has 2 atom stereocenters. The Morgan fingerprint density at radius 2 is 2.11 bits per heavy atom. The molecule has 2 N–H and O–H groups in total. The van der Waals surface area contributed by atoms with Crippen molar-refractivity contribution in [2.75, 3.05) is 20.2 Å². The lowest BCUT2D eigenvalue weighted by atomic mass is 10.1. The van der Waals surface area contributed by atoms with E-state index in [9.17, 15) is 4.79 Å². The minimum absolute atomic E-state index is 0.0211. The van der Waals surface area contributed by atoms with E-state index in [-0.39, 0.29) is 17.9 Å². The van der Waals surface area contributed by atoms with Gasteiger partial charge in [-0.2, -0.15) is 0 Å². The van der Waals surface area contributed by atoms with Crippen LogP contribution >= 0.6 is 0 Å². The molecule has 1 amide bonds. The molecule has 19 heavy (non-hydrogen) atoms. The summed E-state index contributed by atoms with van der Waals surface area (Å²) < 4.78 is 5.46. The van der Waals surface area contributed by atoms with E-state index >= 15 is 0 Å². The van der Waals surface area contributed by atoms with Gasteiger partial charge >= 0.3 is 0 Å². The van der Waals surface area contributed by atoms with Gasteiger partial charge in [0.1, 0.15) is 5.75 Å². The number of nitrogens with one attached hydrogen (secondary N) is 2. The Labute approximate surface area is 115 Å². The second-order valence-electron chi connectivity index (χ2n) is 4.69. The van der Waals surface area contributed by atoms with E-state index in [1.54, 1.807) is 0 Å². The van der Waals surface area contributed by atoms with Crippen molar-refractivity contribution in [2.24, 2.45) is 5.92 Å². The van der Waals surface area contributed by atoms with Crippen molar-refractivity contribution >= 4 is 5.91 Å². The van der Waals surface area contributed by atoms with Gasteiger partial charge in [-0.3, -0.25) is 4.79 Å². The predicted octanol–water partition coefficient (Wildman–Crippen LogP) is 2.12. The molecule has 0 heterocycles. The largest absolute Gasteiger partial charge is 0.494 e. The highest BCUT2D eigenvalue weighted by Gasteiger charge is 2.15. The van der Waals surface area contributed by atoms with Gasteiger partial charge in [0.25, 0.3) is 0 Å². The first-order valence-electron chi connectivity index (χ1n) is 6.76. The normalized spacial score (nSPS) is 13.7. The first-order valence-corrected chi connectivity index (χ1v) is 6.76. The number of carbonyl (C=O) groups excluding carboxylic acids is 1. The SMILES string of the molecule is CCOc1cccc(C(C)NC(=O)C(C)CNC)c1. The molecule has 4 heteroatoms. The summed E-state index contributed by atoms with van der Waals surface area (Å²) in [7, 11) is 1.85. The van der Waals surface area contributed by atoms with E-state index in [1.807, 2.05) is 52.1 Å². The lowest BCUT2D eigenvalue weighted by molar-refractivity contribution is -0.125. The van der Waals surface area contributed by atoms with Gasteiger partial charge in [-0.1, -0.05) is 19.1 Å². The zero-order valence-electron chi connectivity index (χ0n) is 12.2. The van der Waals surface area contributed by atoms with Crippen LogP contribution in [-0.2, 0) is 4.79 Å². The summed E-state index contributed by atoms with van der Waals surface area (Å²) in [6.45, 7) is 7.17. The molecule has 1 aromatic rings. The minimum atomic E-state index is -0.0393. The van der Waals surface area contributed by atoms with Crippen LogP contribution in [0.5, 0.6) is 5.75 Å². The standard InChI is InChI=1S/C15H24N2O2/c1-5-19-14-8-6-7-13(9-14)12(3)17-15(18)11(2)10-16-4/h6-9,11-12,16H,5,10H2,1-4H3,(H,17,18). The molecule has 1 aromatic carbocycles. The first-order chi connectivity index (χ1) is 9.08. The third-order valence-corrected chi connectivity index (χ3v) is 2.99. The molecule has 0 aliphatic carbocycles. The number of hydrogen-bond donors (Lipinski definition) is 2. The Morgan fingerprint density at radius 1 is 1.37 bits per heavy atom. The van der Waals surface area contributed by atoms with Crippen LogP contribution in [0.3, 0.4) is 0 Å². The average molecular weight is 264 g/mol. The second kappa shape index (κ2) is 7.79. The number of amides is 1. The molecule has 0 aliphatic rings. The molecular formula is C15H24N2O2. The summed E-state index contributed by atoms with van der Waals surface area (Å²) in [5.41, 5.74) is 1.05. The maximum absolute atomic E-state index is 11.9. The lowest BCUT2D eigenvalue weighted by Crippen LogP contribution is -2.35. The summed E-state index contributed by atoms with van der Waals surface area (Å²) >= 11 is 0. The molecule has 0 saturated heterocycles. The van der Waals surface area contributed by atoms with E-state index < -0.39 is 0 Å². The van der Waals surface area contributed by atoms with Crippen LogP contribution in [0.2, 0.25) is 0 Å². The summed E-state index contributed by atoms with van der Waals surface area (Å²) in [6.07, 6.45) is 0. The van der Waals surface area contributed by atoms with E-state index in [1.165, 1.54) is 0 Å². The molecule has 4 nitrogen and oxygen atoms in total. The number of hydrogen-bond acceptors (Lipinski definition) is 3. The maximum Gasteiger partial charge on any atom is 0.224 e. The van der Waals surface area contributed by atoms with Gasteiger partial charge in [0.2, 0.25) is 5.91 Å². The third kappa shape index (κ3) is 4.91. The van der Waals surface area contributed by atoms with Crippen LogP contribution in [0, 0.1) is 5.92 Å². The van der Waals surface area contributed by atoms with Crippen molar-refractivity contribution in [3.63, 3.8) is 0 Å². The summed E-state index contributed by atoms with van der Waals surface area (Å²) in [5.74, 6) is 0.857. The molecule has 106 valence electrons. The molecule has 0 fully saturated rings. The van der Waals surface area contributed by atoms with Crippen molar-refractivity contribution in [1.29, 1.82) is 0 Å². The van der Waals surface area contributed by atoms with E-state index in [0.717, 1.165) is 11.3 Å². The number of ether oxygens (including phenoxy) is 1. The molecule has 0 aromatic heterocycles. The van der Waals surface area contributed by atoms with Crippen molar-refractivity contribution in [3.05, 3.63) is 29.8 Å². The lowest BCUT2D eigenvalue weighted by Gasteiger charge is -2.18. The van der Waals surface area contributed by atoms with E-state index in [2.05, 4.69) is 10.6 Å². The highest BCUT2D eigenvalue weighted by Crippen LogP contribution is 2.19.